The van der Waals surface area contributed by atoms with Crippen LogP contribution < -0.4 is 5.32 Å². The summed E-state index contributed by atoms with van der Waals surface area (Å²) in [5, 5.41) is 6.10. The summed E-state index contributed by atoms with van der Waals surface area (Å²) < 4.78 is 5.90. The van der Waals surface area contributed by atoms with E-state index in [0.29, 0.717) is 18.7 Å². The van der Waals surface area contributed by atoms with E-state index in [9.17, 15) is 9.59 Å². The number of likely N-dealkylation sites (tertiary alicyclic amines) is 1. The predicted octanol–water partition coefficient (Wildman–Crippen LogP) is 5.32. The second-order valence-electron chi connectivity index (χ2n) is 8.53. The topological polar surface area (TPSA) is 62.6 Å². The third kappa shape index (κ3) is 3.86. The smallest absolute Gasteiger partial charge is 0.254 e. The molecular formula is C27H26N2O3. The first-order valence-corrected chi connectivity index (χ1v) is 11.2. The number of furan rings is 1. The van der Waals surface area contributed by atoms with Crippen molar-refractivity contribution in [2.75, 3.05) is 13.1 Å². The summed E-state index contributed by atoms with van der Waals surface area (Å²) in [5.41, 5.74) is 1.51. The first kappa shape index (κ1) is 20.3. The highest BCUT2D eigenvalue weighted by atomic mass is 16.3. The largest absolute Gasteiger partial charge is 0.459 e. The lowest BCUT2D eigenvalue weighted by Crippen LogP contribution is -2.45. The maximum Gasteiger partial charge on any atom is 0.254 e. The van der Waals surface area contributed by atoms with Crippen molar-refractivity contribution in [2.24, 2.45) is 5.92 Å². The lowest BCUT2D eigenvalue weighted by Gasteiger charge is -2.32. The number of hydrogen-bond acceptors (Lipinski definition) is 3. The van der Waals surface area contributed by atoms with Gasteiger partial charge in [-0.3, -0.25) is 9.59 Å². The number of nitrogens with one attached hydrogen (secondary N) is 1. The number of benzene rings is 3. The van der Waals surface area contributed by atoms with E-state index >= 15 is 0 Å². The van der Waals surface area contributed by atoms with E-state index in [1.165, 1.54) is 0 Å². The number of carbonyl (C=O) groups is 2. The minimum Gasteiger partial charge on any atom is -0.459 e. The average molecular weight is 427 g/mol. The molecule has 1 N–H and O–H groups in total. The molecule has 2 atom stereocenters. The summed E-state index contributed by atoms with van der Waals surface area (Å²) in [6.07, 6.45) is 1.59. The van der Waals surface area contributed by atoms with E-state index in [2.05, 4.69) is 5.32 Å². The molecule has 2 unspecified atom stereocenters. The fourth-order valence-corrected chi connectivity index (χ4v) is 4.58. The Labute approximate surface area is 187 Å². The molecule has 0 radical (unpaired) electrons. The Balaban J connectivity index is 1.28. The molecule has 1 aromatic heterocycles. The highest BCUT2D eigenvalue weighted by molar-refractivity contribution is 6.07. The standard InChI is InChI=1S/C27H26N2O3/c1-18(25-16-20-9-3-5-14-24(20)32-25)28-26(30)21-11-7-15-29(17-21)27(31)23-13-6-10-19-8-2-4-12-22(19)23/h2-6,8-10,12-14,16,18,21H,7,11,15,17H2,1H3,(H,28,30). The molecule has 32 heavy (non-hydrogen) atoms. The van der Waals surface area contributed by atoms with Gasteiger partial charge in [0, 0.05) is 24.0 Å². The van der Waals surface area contributed by atoms with E-state index in [1.54, 1.807) is 0 Å². The number of para-hydroxylation sites is 1. The number of fused-ring (bicyclic) bond motifs is 2. The zero-order chi connectivity index (χ0) is 22.1. The number of rotatable bonds is 4. The first-order chi connectivity index (χ1) is 15.6. The van der Waals surface area contributed by atoms with Crippen LogP contribution in [-0.2, 0) is 4.79 Å². The van der Waals surface area contributed by atoms with Crippen LogP contribution in [0.25, 0.3) is 21.7 Å². The zero-order valence-corrected chi connectivity index (χ0v) is 18.1. The van der Waals surface area contributed by atoms with Crippen LogP contribution in [0.4, 0.5) is 0 Å². The average Bonchev–Trinajstić information content (AvgIpc) is 3.28. The number of nitrogens with zero attached hydrogens (tertiary/aromatic N) is 1. The molecule has 0 saturated carbocycles. The molecule has 0 bridgehead atoms. The van der Waals surface area contributed by atoms with Gasteiger partial charge in [-0.05, 0) is 48.7 Å². The lowest BCUT2D eigenvalue weighted by atomic mass is 9.95. The van der Waals surface area contributed by atoms with Gasteiger partial charge in [0.05, 0.1) is 12.0 Å². The number of hydrogen-bond donors (Lipinski definition) is 1. The molecule has 0 spiro atoms. The van der Waals surface area contributed by atoms with Crippen molar-refractivity contribution in [1.29, 1.82) is 0 Å². The number of carbonyl (C=O) groups excluding carboxylic acids is 2. The Morgan fingerprint density at radius 2 is 1.75 bits per heavy atom. The normalized spacial score (nSPS) is 17.4. The van der Waals surface area contributed by atoms with Gasteiger partial charge >= 0.3 is 0 Å². The van der Waals surface area contributed by atoms with Crippen LogP contribution in [-0.4, -0.2) is 29.8 Å². The second-order valence-corrected chi connectivity index (χ2v) is 8.53. The Kier molecular flexibility index (Phi) is 5.39. The molecular weight excluding hydrogens is 400 g/mol. The lowest BCUT2D eigenvalue weighted by molar-refractivity contribution is -0.127. The molecule has 162 valence electrons. The van der Waals surface area contributed by atoms with Crippen LogP contribution in [0.5, 0.6) is 0 Å². The third-order valence-electron chi connectivity index (χ3n) is 6.33. The van der Waals surface area contributed by atoms with Gasteiger partial charge in [-0.15, -0.1) is 0 Å². The molecule has 1 fully saturated rings. The van der Waals surface area contributed by atoms with Crippen molar-refractivity contribution in [2.45, 2.75) is 25.8 Å². The van der Waals surface area contributed by atoms with Gasteiger partial charge in [0.15, 0.2) is 0 Å². The molecule has 2 amide bonds. The van der Waals surface area contributed by atoms with E-state index in [4.69, 9.17) is 4.42 Å². The first-order valence-electron chi connectivity index (χ1n) is 11.2. The molecule has 1 aliphatic heterocycles. The predicted molar refractivity (Wildman–Crippen MR) is 125 cm³/mol. The Morgan fingerprint density at radius 3 is 2.59 bits per heavy atom. The van der Waals surface area contributed by atoms with Gasteiger partial charge < -0.3 is 14.6 Å². The molecule has 1 aliphatic rings. The van der Waals surface area contributed by atoms with Crippen molar-refractivity contribution in [3.8, 4) is 0 Å². The monoisotopic (exact) mass is 426 g/mol. The molecule has 5 rings (SSSR count). The van der Waals surface area contributed by atoms with Gasteiger partial charge in [-0.1, -0.05) is 54.6 Å². The van der Waals surface area contributed by atoms with Crippen LogP contribution in [0.2, 0.25) is 0 Å². The maximum absolute atomic E-state index is 13.3. The van der Waals surface area contributed by atoms with Gasteiger partial charge in [0.25, 0.3) is 5.91 Å². The number of piperidine rings is 1. The van der Waals surface area contributed by atoms with Crippen LogP contribution >= 0.6 is 0 Å². The maximum atomic E-state index is 13.3. The van der Waals surface area contributed by atoms with E-state index in [1.807, 2.05) is 84.6 Å². The van der Waals surface area contributed by atoms with Crippen molar-refractivity contribution < 1.29 is 14.0 Å². The Bertz CT molecular complexity index is 1250. The molecule has 5 nitrogen and oxygen atoms in total. The summed E-state index contributed by atoms with van der Waals surface area (Å²) in [6.45, 7) is 3.03. The summed E-state index contributed by atoms with van der Waals surface area (Å²) >= 11 is 0. The van der Waals surface area contributed by atoms with Crippen molar-refractivity contribution in [3.63, 3.8) is 0 Å². The Morgan fingerprint density at radius 1 is 1.00 bits per heavy atom. The fourth-order valence-electron chi connectivity index (χ4n) is 4.58. The highest BCUT2D eigenvalue weighted by Crippen LogP contribution is 2.26. The molecule has 2 heterocycles. The molecule has 5 heteroatoms. The minimum absolute atomic E-state index is 0.00960. The Hall–Kier alpha value is -3.60. The van der Waals surface area contributed by atoms with Crippen molar-refractivity contribution in [1.82, 2.24) is 10.2 Å². The van der Waals surface area contributed by atoms with Crippen molar-refractivity contribution in [3.05, 3.63) is 84.1 Å². The summed E-state index contributed by atoms with van der Waals surface area (Å²) in [4.78, 5) is 28.1. The highest BCUT2D eigenvalue weighted by Gasteiger charge is 2.30. The van der Waals surface area contributed by atoms with E-state index in [0.717, 1.165) is 40.3 Å². The summed E-state index contributed by atoms with van der Waals surface area (Å²) in [6, 6.07) is 23.3. The quantitative estimate of drug-likeness (QED) is 0.481. The van der Waals surface area contributed by atoms with Gasteiger partial charge in [-0.25, -0.2) is 0 Å². The van der Waals surface area contributed by atoms with Gasteiger partial charge in [0.1, 0.15) is 11.3 Å². The second kappa shape index (κ2) is 8.50. The molecule has 4 aromatic rings. The van der Waals surface area contributed by atoms with E-state index in [-0.39, 0.29) is 23.8 Å². The fraction of sp³-hybridized carbons (Fsp3) is 0.259. The zero-order valence-electron chi connectivity index (χ0n) is 18.1. The van der Waals surface area contributed by atoms with Crippen LogP contribution in [0, 0.1) is 5.92 Å². The summed E-state index contributed by atoms with van der Waals surface area (Å²) in [7, 11) is 0. The van der Waals surface area contributed by atoms with E-state index < -0.39 is 0 Å². The van der Waals surface area contributed by atoms with Crippen LogP contribution in [0.1, 0.15) is 41.9 Å². The van der Waals surface area contributed by atoms with Gasteiger partial charge in [-0.2, -0.15) is 0 Å². The van der Waals surface area contributed by atoms with Gasteiger partial charge in [0.2, 0.25) is 5.91 Å². The van der Waals surface area contributed by atoms with Crippen LogP contribution in [0.3, 0.4) is 0 Å². The third-order valence-corrected chi connectivity index (χ3v) is 6.33. The minimum atomic E-state index is -0.237. The number of amides is 2. The molecule has 3 aromatic carbocycles. The molecule has 1 saturated heterocycles. The summed E-state index contributed by atoms with van der Waals surface area (Å²) in [5.74, 6) is 0.464. The molecule has 0 aliphatic carbocycles. The SMILES string of the molecule is CC(NC(=O)C1CCCN(C(=O)c2cccc3ccccc23)C1)c1cc2ccccc2o1. The van der Waals surface area contributed by atoms with Crippen molar-refractivity contribution >= 4 is 33.6 Å². The van der Waals surface area contributed by atoms with Crippen LogP contribution in [0.15, 0.2) is 77.2 Å².